The van der Waals surface area contributed by atoms with Crippen LogP contribution in [0.3, 0.4) is 0 Å². The number of allylic oxidation sites excluding steroid dienone is 1. The molecule has 0 fully saturated rings. The predicted octanol–water partition coefficient (Wildman–Crippen LogP) is 6.05. The number of nitriles is 1. The molecule has 45 heavy (non-hydrogen) atoms. The highest BCUT2D eigenvalue weighted by Crippen LogP contribution is 2.45. The summed E-state index contributed by atoms with van der Waals surface area (Å²) in [4.78, 5) is 13.1. The average molecular weight is 609 g/mol. The summed E-state index contributed by atoms with van der Waals surface area (Å²) >= 11 is 0. The van der Waals surface area contributed by atoms with Gasteiger partial charge in [0.15, 0.2) is 23.0 Å². The zero-order valence-electron chi connectivity index (χ0n) is 25.5. The molecule has 0 saturated carbocycles. The summed E-state index contributed by atoms with van der Waals surface area (Å²) in [6, 6.07) is 23.6. The lowest BCUT2D eigenvalue weighted by Crippen LogP contribution is -2.21. The van der Waals surface area contributed by atoms with Crippen molar-refractivity contribution in [3.8, 4) is 46.3 Å². The molecular weight excluding hydrogens is 576 g/mol. The monoisotopic (exact) mass is 608 g/mol. The van der Waals surface area contributed by atoms with E-state index in [9.17, 15) is 10.1 Å². The van der Waals surface area contributed by atoms with Crippen molar-refractivity contribution >= 4 is 5.97 Å². The molecule has 0 spiro atoms. The van der Waals surface area contributed by atoms with Crippen LogP contribution in [-0.4, -0.2) is 34.4 Å². The number of nitrogens with two attached hydrogens (primary N) is 1. The molecule has 1 unspecified atom stereocenters. The molecule has 0 amide bonds. The van der Waals surface area contributed by atoms with Gasteiger partial charge in [-0.3, -0.25) is 0 Å². The number of ether oxygens (including phenoxy) is 7. The molecule has 4 aromatic carbocycles. The van der Waals surface area contributed by atoms with E-state index in [0.29, 0.717) is 46.7 Å². The minimum atomic E-state index is -0.659. The van der Waals surface area contributed by atoms with Gasteiger partial charge in [-0.25, -0.2) is 4.79 Å². The molecule has 0 aromatic heterocycles. The number of carbonyl (C=O) groups excluding carboxylic acids is 1. The highest BCUT2D eigenvalue weighted by atomic mass is 16.5. The van der Waals surface area contributed by atoms with Crippen molar-refractivity contribution < 1.29 is 38.0 Å². The van der Waals surface area contributed by atoms with E-state index in [1.807, 2.05) is 43.3 Å². The zero-order chi connectivity index (χ0) is 32.1. The third kappa shape index (κ3) is 6.28. The van der Waals surface area contributed by atoms with E-state index in [1.165, 1.54) is 39.0 Å². The van der Waals surface area contributed by atoms with Crippen molar-refractivity contribution in [3.63, 3.8) is 0 Å². The maximum absolute atomic E-state index is 13.1. The Kier molecular flexibility index (Phi) is 9.00. The van der Waals surface area contributed by atoms with Crippen LogP contribution in [0.5, 0.6) is 40.2 Å². The minimum Gasteiger partial charge on any atom is -0.493 e. The summed E-state index contributed by atoms with van der Waals surface area (Å²) in [5.41, 5.74) is 10.2. The lowest BCUT2D eigenvalue weighted by molar-refractivity contribution is 0.0733. The molecule has 230 valence electrons. The second-order valence-electron chi connectivity index (χ2n) is 10.1. The van der Waals surface area contributed by atoms with Crippen LogP contribution in [0.4, 0.5) is 0 Å². The van der Waals surface area contributed by atoms with Gasteiger partial charge in [-0.15, -0.1) is 0 Å². The van der Waals surface area contributed by atoms with Crippen molar-refractivity contribution in [1.29, 1.82) is 5.26 Å². The van der Waals surface area contributed by atoms with Gasteiger partial charge in [-0.05, 0) is 48.4 Å². The number of benzene rings is 4. The first-order valence-corrected chi connectivity index (χ1v) is 13.9. The summed E-state index contributed by atoms with van der Waals surface area (Å²) < 4.78 is 39.2. The Hall–Kier alpha value is -5.82. The van der Waals surface area contributed by atoms with Crippen molar-refractivity contribution in [1.82, 2.24) is 0 Å². The molecule has 0 aliphatic carbocycles. The number of carbonyl (C=O) groups is 1. The summed E-state index contributed by atoms with van der Waals surface area (Å²) in [5.74, 6) is 1.28. The summed E-state index contributed by atoms with van der Waals surface area (Å²) in [6.45, 7) is 2.40. The molecule has 4 aromatic rings. The smallest absolute Gasteiger partial charge is 0.343 e. The lowest BCUT2D eigenvalue weighted by atomic mass is 9.83. The maximum Gasteiger partial charge on any atom is 0.343 e. The van der Waals surface area contributed by atoms with Crippen LogP contribution in [-0.2, 0) is 6.61 Å². The number of hydrogen-bond acceptors (Lipinski definition) is 10. The predicted molar refractivity (Wildman–Crippen MR) is 165 cm³/mol. The molecule has 0 bridgehead atoms. The van der Waals surface area contributed by atoms with E-state index in [1.54, 1.807) is 31.4 Å². The first-order valence-electron chi connectivity index (χ1n) is 13.9. The van der Waals surface area contributed by atoms with Crippen LogP contribution in [0.15, 0.2) is 84.3 Å². The number of methoxy groups -OCH3 is 4. The normalized spacial score (nSPS) is 13.6. The quantitative estimate of drug-likeness (QED) is 0.168. The van der Waals surface area contributed by atoms with Crippen LogP contribution in [0.1, 0.15) is 38.5 Å². The number of hydrogen-bond donors (Lipinski definition) is 1. The third-order valence-electron chi connectivity index (χ3n) is 7.34. The highest BCUT2D eigenvalue weighted by molar-refractivity contribution is 5.92. The molecule has 2 N–H and O–H groups in total. The van der Waals surface area contributed by atoms with E-state index in [0.717, 1.165) is 11.1 Å². The molecule has 1 aliphatic rings. The Bertz CT molecular complexity index is 1780. The fourth-order valence-corrected chi connectivity index (χ4v) is 5.04. The van der Waals surface area contributed by atoms with Crippen molar-refractivity contribution in [2.45, 2.75) is 19.4 Å². The fourth-order valence-electron chi connectivity index (χ4n) is 5.04. The average Bonchev–Trinajstić information content (AvgIpc) is 3.06. The summed E-state index contributed by atoms with van der Waals surface area (Å²) in [5, 5.41) is 10.0. The van der Waals surface area contributed by atoms with Crippen LogP contribution >= 0.6 is 0 Å². The standard InChI is InChI=1S/C35H32N2O8/c1-20-6-8-21(9-7-20)19-43-27-13-10-22(14-29(27)39-2)32-25-12-11-24(17-28(25)45-34(37)26(32)18-36)44-35(38)23-15-30(40-3)33(42-5)31(16-23)41-4/h6-17,32H,19,37H2,1-5H3. The molecule has 10 nitrogen and oxygen atoms in total. The molecule has 1 heterocycles. The molecular formula is C35H32N2O8. The summed E-state index contributed by atoms with van der Waals surface area (Å²) in [6.07, 6.45) is 0. The maximum atomic E-state index is 13.1. The molecule has 1 atom stereocenters. The van der Waals surface area contributed by atoms with Gasteiger partial charge in [0.05, 0.1) is 39.9 Å². The van der Waals surface area contributed by atoms with Gasteiger partial charge < -0.3 is 38.9 Å². The second kappa shape index (κ2) is 13.2. The SMILES string of the molecule is COc1cc(C2C(C#N)=C(N)Oc3cc(OC(=O)c4cc(OC)c(OC)c(OC)c4)ccc32)ccc1OCc1ccc(C)cc1. The molecule has 0 saturated heterocycles. The Morgan fingerprint density at radius 3 is 2.16 bits per heavy atom. The Balaban J connectivity index is 1.43. The number of rotatable bonds is 10. The van der Waals surface area contributed by atoms with E-state index >= 15 is 0 Å². The van der Waals surface area contributed by atoms with E-state index < -0.39 is 11.9 Å². The Morgan fingerprint density at radius 2 is 1.53 bits per heavy atom. The topological polar surface area (TPSA) is 131 Å². The van der Waals surface area contributed by atoms with Gasteiger partial charge in [0, 0.05) is 11.6 Å². The van der Waals surface area contributed by atoms with Gasteiger partial charge in [-0.1, -0.05) is 42.0 Å². The first kappa shape index (κ1) is 30.6. The van der Waals surface area contributed by atoms with E-state index in [2.05, 4.69) is 6.07 Å². The minimum absolute atomic E-state index is 0.0539. The Morgan fingerprint density at radius 1 is 0.844 bits per heavy atom. The van der Waals surface area contributed by atoms with Crippen molar-refractivity contribution in [3.05, 3.63) is 112 Å². The zero-order valence-corrected chi connectivity index (χ0v) is 25.5. The number of nitrogens with zero attached hydrogens (tertiary/aromatic N) is 1. The number of aryl methyl sites for hydroxylation is 1. The van der Waals surface area contributed by atoms with Crippen molar-refractivity contribution in [2.24, 2.45) is 5.73 Å². The van der Waals surface area contributed by atoms with Crippen molar-refractivity contribution in [2.75, 3.05) is 28.4 Å². The largest absolute Gasteiger partial charge is 0.493 e. The molecule has 1 aliphatic heterocycles. The van der Waals surface area contributed by atoms with Gasteiger partial charge in [-0.2, -0.15) is 5.26 Å². The highest BCUT2D eigenvalue weighted by Gasteiger charge is 2.32. The van der Waals surface area contributed by atoms with Crippen LogP contribution in [0.2, 0.25) is 0 Å². The van der Waals surface area contributed by atoms with E-state index in [-0.39, 0.29) is 22.8 Å². The van der Waals surface area contributed by atoms with Gasteiger partial charge in [0.2, 0.25) is 11.6 Å². The summed E-state index contributed by atoms with van der Waals surface area (Å²) in [7, 11) is 5.94. The molecule has 5 rings (SSSR count). The molecule has 0 radical (unpaired) electrons. The third-order valence-corrected chi connectivity index (χ3v) is 7.34. The number of fused-ring (bicyclic) bond motifs is 1. The van der Waals surface area contributed by atoms with E-state index in [4.69, 9.17) is 38.9 Å². The van der Waals surface area contributed by atoms with Crippen LogP contribution < -0.4 is 38.9 Å². The van der Waals surface area contributed by atoms with Crippen LogP contribution in [0, 0.1) is 18.3 Å². The van der Waals surface area contributed by atoms with Gasteiger partial charge >= 0.3 is 5.97 Å². The number of esters is 1. The lowest BCUT2D eigenvalue weighted by Gasteiger charge is -2.27. The first-order chi connectivity index (χ1) is 21.8. The molecule has 10 heteroatoms. The fraction of sp³-hybridized carbons (Fsp3) is 0.200. The van der Waals surface area contributed by atoms with Crippen LogP contribution in [0.25, 0.3) is 0 Å². The Labute approximate surface area is 261 Å². The van der Waals surface area contributed by atoms with Gasteiger partial charge in [0.1, 0.15) is 29.7 Å². The second-order valence-corrected chi connectivity index (χ2v) is 10.1. The van der Waals surface area contributed by atoms with Gasteiger partial charge in [0.25, 0.3) is 0 Å².